The minimum absolute atomic E-state index is 0.0767. The van der Waals surface area contributed by atoms with E-state index in [4.69, 9.17) is 21.1 Å². The molecule has 3 aromatic rings. The molecule has 0 unspecified atom stereocenters. The molecule has 0 bridgehead atoms. The molecule has 1 N–H and O–H groups in total. The lowest BCUT2D eigenvalue weighted by Gasteiger charge is -2.30. The summed E-state index contributed by atoms with van der Waals surface area (Å²) in [6, 6.07) is 15.3. The molecule has 2 aromatic carbocycles. The Bertz CT molecular complexity index is 1080. The van der Waals surface area contributed by atoms with Crippen molar-refractivity contribution >= 4 is 23.3 Å². The van der Waals surface area contributed by atoms with Crippen molar-refractivity contribution in [3.05, 3.63) is 71.0 Å². The molecule has 0 saturated heterocycles. The van der Waals surface area contributed by atoms with E-state index in [0.29, 0.717) is 28.8 Å². The number of rotatable bonds is 4. The number of amides is 2. The largest absolute Gasteiger partial charge is 0.495 e. The number of carbonyl (C=O) groups is 1. The van der Waals surface area contributed by atoms with Crippen LogP contribution in [0.25, 0.3) is 5.69 Å². The molecule has 0 aliphatic carbocycles. The number of hydrogen-bond acceptors (Lipinski definition) is 3. The van der Waals surface area contributed by atoms with E-state index in [-0.39, 0.29) is 12.1 Å². The molecule has 30 heavy (non-hydrogen) atoms. The third-order valence-corrected chi connectivity index (χ3v) is 5.75. The first-order valence-corrected chi connectivity index (χ1v) is 10.2. The maximum atomic E-state index is 13.4. The van der Waals surface area contributed by atoms with Crippen LogP contribution in [-0.2, 0) is 6.54 Å². The van der Waals surface area contributed by atoms with E-state index >= 15 is 0 Å². The van der Waals surface area contributed by atoms with Gasteiger partial charge in [-0.25, -0.2) is 4.79 Å². The fourth-order valence-electron chi connectivity index (χ4n) is 4.01. The van der Waals surface area contributed by atoms with Gasteiger partial charge in [0.25, 0.3) is 0 Å². The van der Waals surface area contributed by atoms with E-state index in [1.165, 1.54) is 7.11 Å². The minimum atomic E-state index is -0.217. The van der Waals surface area contributed by atoms with Gasteiger partial charge in [0, 0.05) is 18.0 Å². The van der Waals surface area contributed by atoms with E-state index in [9.17, 15) is 4.79 Å². The van der Waals surface area contributed by atoms with Crippen molar-refractivity contribution in [1.29, 1.82) is 0 Å². The quantitative estimate of drug-likeness (QED) is 0.587. The van der Waals surface area contributed by atoms with Gasteiger partial charge in [0.1, 0.15) is 11.5 Å². The average Bonchev–Trinajstić information content (AvgIpc) is 3.18. The molecule has 6 nitrogen and oxygen atoms in total. The number of carbonyl (C=O) groups excluding carboxylic acids is 1. The number of methoxy groups -OCH3 is 2. The average molecular weight is 426 g/mol. The van der Waals surface area contributed by atoms with Crippen molar-refractivity contribution < 1.29 is 14.3 Å². The molecular formula is C23H24ClN3O3. The Morgan fingerprint density at radius 1 is 1.13 bits per heavy atom. The number of ether oxygens (including phenoxy) is 2. The highest BCUT2D eigenvalue weighted by Crippen LogP contribution is 2.38. The van der Waals surface area contributed by atoms with Crippen molar-refractivity contribution in [3.63, 3.8) is 0 Å². The van der Waals surface area contributed by atoms with E-state index < -0.39 is 0 Å². The zero-order valence-electron chi connectivity index (χ0n) is 17.2. The van der Waals surface area contributed by atoms with Crippen molar-refractivity contribution in [3.8, 4) is 17.2 Å². The highest BCUT2D eigenvalue weighted by molar-refractivity contribution is 6.32. The van der Waals surface area contributed by atoms with Crippen LogP contribution in [0.1, 0.15) is 30.6 Å². The van der Waals surface area contributed by atoms with Gasteiger partial charge < -0.3 is 24.3 Å². The second-order valence-electron chi connectivity index (χ2n) is 7.10. The predicted octanol–water partition coefficient (Wildman–Crippen LogP) is 5.65. The molecule has 1 aliphatic heterocycles. The van der Waals surface area contributed by atoms with Gasteiger partial charge in [0.15, 0.2) is 0 Å². The number of anilines is 1. The summed E-state index contributed by atoms with van der Waals surface area (Å²) in [6.07, 6.45) is 2.83. The number of fused-ring (bicyclic) bond motifs is 3. The van der Waals surface area contributed by atoms with E-state index in [2.05, 4.69) is 35.0 Å². The summed E-state index contributed by atoms with van der Waals surface area (Å²) in [5.41, 5.74) is 3.76. The van der Waals surface area contributed by atoms with Gasteiger partial charge >= 0.3 is 6.03 Å². The maximum Gasteiger partial charge on any atom is 0.322 e. The zero-order valence-corrected chi connectivity index (χ0v) is 17.9. The Hall–Kier alpha value is -3.12. The van der Waals surface area contributed by atoms with Gasteiger partial charge in [-0.05, 0) is 36.2 Å². The number of nitrogens with zero attached hydrogens (tertiary/aromatic N) is 2. The Morgan fingerprint density at radius 2 is 1.90 bits per heavy atom. The lowest BCUT2D eigenvalue weighted by Crippen LogP contribution is -2.37. The zero-order chi connectivity index (χ0) is 21.3. The Balaban J connectivity index is 1.72. The molecule has 0 fully saturated rings. The van der Waals surface area contributed by atoms with E-state index in [1.807, 2.05) is 29.3 Å². The summed E-state index contributed by atoms with van der Waals surface area (Å²) in [4.78, 5) is 15.3. The summed E-state index contributed by atoms with van der Waals surface area (Å²) >= 11 is 6.28. The molecule has 1 aromatic heterocycles. The third-order valence-electron chi connectivity index (χ3n) is 5.45. The monoisotopic (exact) mass is 425 g/mol. The van der Waals surface area contributed by atoms with Crippen LogP contribution in [0.15, 0.2) is 54.7 Å². The second kappa shape index (κ2) is 8.32. The molecule has 1 aliphatic rings. The Labute approximate surface area is 181 Å². The fraction of sp³-hybridized carbons (Fsp3) is 0.261. The van der Waals surface area contributed by atoms with Crippen LogP contribution in [0.5, 0.6) is 11.5 Å². The van der Waals surface area contributed by atoms with Crippen molar-refractivity contribution in [2.45, 2.75) is 25.9 Å². The van der Waals surface area contributed by atoms with Crippen LogP contribution in [0.3, 0.4) is 0 Å². The molecule has 2 heterocycles. The number of urea groups is 1. The van der Waals surface area contributed by atoms with Crippen LogP contribution in [0.2, 0.25) is 5.02 Å². The summed E-state index contributed by atoms with van der Waals surface area (Å²) in [5.74, 6) is 0.968. The minimum Gasteiger partial charge on any atom is -0.495 e. The highest BCUT2D eigenvalue weighted by atomic mass is 35.5. The molecular weight excluding hydrogens is 402 g/mol. The summed E-state index contributed by atoms with van der Waals surface area (Å²) in [7, 11) is 3.08. The number of hydrogen-bond donors (Lipinski definition) is 1. The first-order valence-electron chi connectivity index (χ1n) is 9.82. The van der Waals surface area contributed by atoms with Crippen LogP contribution < -0.4 is 14.8 Å². The highest BCUT2D eigenvalue weighted by Gasteiger charge is 2.31. The summed E-state index contributed by atoms with van der Waals surface area (Å²) in [6.45, 7) is 2.58. The maximum absolute atomic E-state index is 13.4. The first kappa shape index (κ1) is 20.2. The Kier molecular flexibility index (Phi) is 5.59. The van der Waals surface area contributed by atoms with E-state index in [1.54, 1.807) is 19.2 Å². The summed E-state index contributed by atoms with van der Waals surface area (Å²) < 4.78 is 12.8. The van der Waals surface area contributed by atoms with Crippen LogP contribution >= 0.6 is 11.6 Å². The topological polar surface area (TPSA) is 55.7 Å². The molecule has 0 spiro atoms. The number of benzene rings is 2. The van der Waals surface area contributed by atoms with Crippen LogP contribution in [0, 0.1) is 0 Å². The van der Waals surface area contributed by atoms with Gasteiger partial charge in [-0.3, -0.25) is 0 Å². The normalized spacial score (nSPS) is 15.1. The summed E-state index contributed by atoms with van der Waals surface area (Å²) in [5, 5.41) is 3.38. The Morgan fingerprint density at radius 3 is 2.63 bits per heavy atom. The SMILES string of the molecule is CC[C@@H]1c2cccn2-c2ccccc2CN1C(=O)Nc1cc(Cl)c(OC)cc1OC. The molecule has 7 heteroatoms. The number of nitrogens with one attached hydrogen (secondary N) is 1. The number of halogens is 1. The molecule has 0 radical (unpaired) electrons. The van der Waals surface area contributed by atoms with Gasteiger partial charge in [0.05, 0.1) is 43.2 Å². The molecule has 156 valence electrons. The molecule has 0 saturated carbocycles. The van der Waals surface area contributed by atoms with Crippen LogP contribution in [-0.4, -0.2) is 29.7 Å². The molecule has 4 rings (SSSR count). The lowest BCUT2D eigenvalue weighted by molar-refractivity contribution is 0.181. The fourth-order valence-corrected chi connectivity index (χ4v) is 4.25. The standard InChI is InChI=1S/C23H24ClN3O3/c1-4-18-20-10-7-11-26(20)19-9-6-5-8-15(19)14-27(18)23(28)25-17-12-16(24)21(29-2)13-22(17)30-3/h5-13,18H,4,14H2,1-3H3,(H,25,28)/t18-/m1/s1. The van der Waals surface area contributed by atoms with Gasteiger partial charge in [-0.1, -0.05) is 36.7 Å². The van der Waals surface area contributed by atoms with Gasteiger partial charge in [-0.2, -0.15) is 0 Å². The van der Waals surface area contributed by atoms with E-state index in [0.717, 1.165) is 23.4 Å². The molecule has 1 atom stereocenters. The predicted molar refractivity (Wildman–Crippen MR) is 118 cm³/mol. The van der Waals surface area contributed by atoms with Gasteiger partial charge in [-0.15, -0.1) is 0 Å². The number of aromatic nitrogens is 1. The van der Waals surface area contributed by atoms with Crippen LogP contribution in [0.4, 0.5) is 10.5 Å². The second-order valence-corrected chi connectivity index (χ2v) is 7.51. The van der Waals surface area contributed by atoms with Gasteiger partial charge in [0.2, 0.25) is 0 Å². The first-order chi connectivity index (χ1) is 14.6. The third kappa shape index (κ3) is 3.48. The van der Waals surface area contributed by atoms with Crippen molar-refractivity contribution in [2.24, 2.45) is 0 Å². The molecule has 2 amide bonds. The lowest BCUT2D eigenvalue weighted by atomic mass is 10.1. The van der Waals surface area contributed by atoms with Crippen molar-refractivity contribution in [2.75, 3.05) is 19.5 Å². The number of para-hydroxylation sites is 1. The smallest absolute Gasteiger partial charge is 0.322 e. The van der Waals surface area contributed by atoms with Crippen molar-refractivity contribution in [1.82, 2.24) is 9.47 Å².